The van der Waals surface area contributed by atoms with E-state index in [1.165, 1.54) is 5.56 Å². The Morgan fingerprint density at radius 3 is 2.61 bits per heavy atom. The number of rotatable bonds is 5. The van der Waals surface area contributed by atoms with Crippen LogP contribution in [-0.2, 0) is 24.1 Å². The van der Waals surface area contributed by atoms with E-state index in [1.54, 1.807) is 0 Å². The van der Waals surface area contributed by atoms with Gasteiger partial charge in [0.05, 0.1) is 0 Å². The SMILES string of the molecule is CC1(Cc2ccc(Cl)cc2)Cc2cc(CCC(=O)O)ccc2O1. The molecule has 4 heteroatoms. The molecular formula is C19H19ClO3. The standard InChI is InChI=1S/C19H19ClO3/c1-19(11-14-2-6-16(20)7-3-14)12-15-10-13(5-9-18(21)22)4-8-17(15)23-19/h2-4,6-8,10H,5,9,11-12H2,1H3,(H,21,22). The highest BCUT2D eigenvalue weighted by atomic mass is 35.5. The van der Waals surface area contributed by atoms with Gasteiger partial charge in [-0.05, 0) is 48.2 Å². The van der Waals surface area contributed by atoms with Gasteiger partial charge in [-0.15, -0.1) is 0 Å². The highest BCUT2D eigenvalue weighted by Crippen LogP contribution is 2.37. The monoisotopic (exact) mass is 330 g/mol. The molecule has 0 fully saturated rings. The molecule has 1 aliphatic heterocycles. The van der Waals surface area contributed by atoms with Gasteiger partial charge in [0.25, 0.3) is 0 Å². The number of hydrogen-bond acceptors (Lipinski definition) is 2. The van der Waals surface area contributed by atoms with Crippen LogP contribution in [0.2, 0.25) is 5.02 Å². The van der Waals surface area contributed by atoms with Crippen molar-refractivity contribution in [2.24, 2.45) is 0 Å². The molecule has 1 atom stereocenters. The summed E-state index contributed by atoms with van der Waals surface area (Å²) in [4.78, 5) is 10.7. The molecule has 1 unspecified atom stereocenters. The van der Waals surface area contributed by atoms with Crippen molar-refractivity contribution in [3.05, 3.63) is 64.2 Å². The van der Waals surface area contributed by atoms with Crippen molar-refractivity contribution in [3.63, 3.8) is 0 Å². The summed E-state index contributed by atoms with van der Waals surface area (Å²) in [6.45, 7) is 2.11. The number of halogens is 1. The first-order valence-corrected chi connectivity index (χ1v) is 8.08. The Kier molecular flexibility index (Phi) is 4.31. The zero-order chi connectivity index (χ0) is 16.4. The number of hydrogen-bond donors (Lipinski definition) is 1. The lowest BCUT2D eigenvalue weighted by Crippen LogP contribution is -2.32. The van der Waals surface area contributed by atoms with Crippen molar-refractivity contribution < 1.29 is 14.6 Å². The third-order valence-electron chi connectivity index (χ3n) is 4.16. The maximum absolute atomic E-state index is 10.7. The van der Waals surface area contributed by atoms with Gasteiger partial charge >= 0.3 is 5.97 Å². The van der Waals surface area contributed by atoms with Crippen LogP contribution in [-0.4, -0.2) is 16.7 Å². The van der Waals surface area contributed by atoms with Crippen molar-refractivity contribution in [2.75, 3.05) is 0 Å². The average molecular weight is 331 g/mol. The van der Waals surface area contributed by atoms with Crippen LogP contribution < -0.4 is 4.74 Å². The third-order valence-corrected chi connectivity index (χ3v) is 4.42. The van der Waals surface area contributed by atoms with Gasteiger partial charge in [0.2, 0.25) is 0 Å². The molecule has 0 radical (unpaired) electrons. The lowest BCUT2D eigenvalue weighted by Gasteiger charge is -2.24. The Morgan fingerprint density at radius 1 is 1.22 bits per heavy atom. The van der Waals surface area contributed by atoms with Gasteiger partial charge in [-0.2, -0.15) is 0 Å². The molecule has 1 aliphatic rings. The van der Waals surface area contributed by atoms with E-state index in [1.807, 2.05) is 36.4 Å². The van der Waals surface area contributed by atoms with E-state index >= 15 is 0 Å². The Balaban J connectivity index is 1.72. The number of ether oxygens (including phenoxy) is 1. The van der Waals surface area contributed by atoms with Crippen molar-refractivity contribution in [2.45, 2.75) is 38.2 Å². The zero-order valence-electron chi connectivity index (χ0n) is 13.0. The molecule has 2 aromatic rings. The summed E-state index contributed by atoms with van der Waals surface area (Å²) in [5.41, 5.74) is 3.12. The first-order valence-electron chi connectivity index (χ1n) is 7.71. The van der Waals surface area contributed by atoms with Crippen LogP contribution in [0.25, 0.3) is 0 Å². The molecule has 23 heavy (non-hydrogen) atoms. The fourth-order valence-corrected chi connectivity index (χ4v) is 3.24. The van der Waals surface area contributed by atoms with Gasteiger partial charge in [0.1, 0.15) is 11.4 Å². The molecule has 0 saturated heterocycles. The second-order valence-corrected chi connectivity index (χ2v) is 6.80. The fourth-order valence-electron chi connectivity index (χ4n) is 3.11. The number of fused-ring (bicyclic) bond motifs is 1. The topological polar surface area (TPSA) is 46.5 Å². The predicted molar refractivity (Wildman–Crippen MR) is 90.3 cm³/mol. The van der Waals surface area contributed by atoms with Crippen molar-refractivity contribution >= 4 is 17.6 Å². The molecule has 120 valence electrons. The average Bonchev–Trinajstić information content (AvgIpc) is 2.82. The highest BCUT2D eigenvalue weighted by molar-refractivity contribution is 6.30. The Morgan fingerprint density at radius 2 is 1.91 bits per heavy atom. The number of carboxylic acids is 1. The number of benzene rings is 2. The predicted octanol–water partition coefficient (Wildman–Crippen LogP) is 4.29. The Hall–Kier alpha value is -2.00. The van der Waals surface area contributed by atoms with E-state index in [0.29, 0.717) is 6.42 Å². The van der Waals surface area contributed by atoms with Crippen molar-refractivity contribution in [1.29, 1.82) is 0 Å². The maximum Gasteiger partial charge on any atom is 0.303 e. The first-order chi connectivity index (χ1) is 10.9. The normalized spacial score (nSPS) is 19.2. The number of aryl methyl sites for hydroxylation is 1. The summed E-state index contributed by atoms with van der Waals surface area (Å²) in [6, 6.07) is 13.8. The third kappa shape index (κ3) is 3.85. The van der Waals surface area contributed by atoms with E-state index in [9.17, 15) is 4.79 Å². The summed E-state index contributed by atoms with van der Waals surface area (Å²) >= 11 is 5.93. The summed E-state index contributed by atoms with van der Waals surface area (Å²) in [7, 11) is 0. The minimum atomic E-state index is -0.769. The van der Waals surface area contributed by atoms with Crippen LogP contribution in [0.4, 0.5) is 0 Å². The van der Waals surface area contributed by atoms with E-state index in [2.05, 4.69) is 13.0 Å². The lowest BCUT2D eigenvalue weighted by atomic mass is 9.91. The van der Waals surface area contributed by atoms with Gasteiger partial charge < -0.3 is 9.84 Å². The minimum Gasteiger partial charge on any atom is -0.487 e. The molecule has 0 aliphatic carbocycles. The molecule has 0 amide bonds. The van der Waals surface area contributed by atoms with Crippen molar-refractivity contribution in [1.82, 2.24) is 0 Å². The zero-order valence-corrected chi connectivity index (χ0v) is 13.8. The van der Waals surface area contributed by atoms with Gasteiger partial charge in [0.15, 0.2) is 0 Å². The Bertz CT molecular complexity index is 724. The maximum atomic E-state index is 10.7. The van der Waals surface area contributed by atoms with Gasteiger partial charge in [-0.3, -0.25) is 4.79 Å². The number of carbonyl (C=O) groups is 1. The molecular weight excluding hydrogens is 312 g/mol. The molecule has 0 spiro atoms. The van der Waals surface area contributed by atoms with E-state index in [-0.39, 0.29) is 12.0 Å². The lowest BCUT2D eigenvalue weighted by molar-refractivity contribution is -0.136. The first kappa shape index (κ1) is 15.9. The smallest absolute Gasteiger partial charge is 0.303 e. The molecule has 1 heterocycles. The molecule has 1 N–H and O–H groups in total. The van der Waals surface area contributed by atoms with E-state index < -0.39 is 5.97 Å². The fraction of sp³-hybridized carbons (Fsp3) is 0.316. The van der Waals surface area contributed by atoms with Crippen LogP contribution >= 0.6 is 11.6 Å². The molecule has 3 nitrogen and oxygen atoms in total. The second kappa shape index (κ2) is 6.25. The van der Waals surface area contributed by atoms with Crippen molar-refractivity contribution in [3.8, 4) is 5.75 Å². The second-order valence-electron chi connectivity index (χ2n) is 6.37. The van der Waals surface area contributed by atoms with E-state index in [4.69, 9.17) is 21.4 Å². The minimum absolute atomic E-state index is 0.154. The summed E-state index contributed by atoms with van der Waals surface area (Å²) in [5.74, 6) is 0.134. The van der Waals surface area contributed by atoms with Gasteiger partial charge in [-0.1, -0.05) is 35.9 Å². The van der Waals surface area contributed by atoms with Gasteiger partial charge in [-0.25, -0.2) is 0 Å². The van der Waals surface area contributed by atoms with Crippen LogP contribution in [0.5, 0.6) is 5.75 Å². The number of aliphatic carboxylic acids is 1. The quantitative estimate of drug-likeness (QED) is 0.889. The van der Waals surface area contributed by atoms with Crippen LogP contribution in [0, 0.1) is 0 Å². The van der Waals surface area contributed by atoms with Gasteiger partial charge in [0, 0.05) is 24.3 Å². The molecule has 2 aromatic carbocycles. The molecule has 3 rings (SSSR count). The largest absolute Gasteiger partial charge is 0.487 e. The highest BCUT2D eigenvalue weighted by Gasteiger charge is 2.35. The van der Waals surface area contributed by atoms with Crippen LogP contribution in [0.15, 0.2) is 42.5 Å². The molecule has 0 saturated carbocycles. The summed E-state index contributed by atoms with van der Waals surface area (Å²) < 4.78 is 6.16. The molecule has 0 aromatic heterocycles. The summed E-state index contributed by atoms with van der Waals surface area (Å²) in [6.07, 6.45) is 2.34. The Labute approximate surface area is 140 Å². The van der Waals surface area contributed by atoms with Crippen LogP contribution in [0.3, 0.4) is 0 Å². The number of carboxylic acid groups (broad SMARTS) is 1. The van der Waals surface area contributed by atoms with E-state index in [0.717, 1.165) is 34.7 Å². The summed E-state index contributed by atoms with van der Waals surface area (Å²) in [5, 5.41) is 9.53. The van der Waals surface area contributed by atoms with Crippen LogP contribution in [0.1, 0.15) is 30.0 Å². The molecule has 0 bridgehead atoms.